The van der Waals surface area contributed by atoms with Crippen molar-refractivity contribution in [3.05, 3.63) is 182 Å². The number of ether oxygens (including phenoxy) is 2. The maximum Gasteiger partial charge on any atom is 0.306 e. The molecule has 0 rings (SSSR count). The maximum absolute atomic E-state index is 12.2. The highest BCUT2D eigenvalue weighted by molar-refractivity contribution is 5.70. The first-order valence-electron chi connectivity index (χ1n) is 25.3. The Morgan fingerprint density at radius 2 is 0.636 bits per heavy atom. The van der Waals surface area contributed by atoms with Gasteiger partial charge in [-0.1, -0.05) is 215 Å². The Hall–Kier alpha value is -5.00. The Labute approximate surface area is 404 Å². The Morgan fingerprint density at radius 1 is 0.348 bits per heavy atom. The molecule has 0 aliphatic heterocycles. The van der Waals surface area contributed by atoms with Gasteiger partial charge in [-0.25, -0.2) is 0 Å². The van der Waals surface area contributed by atoms with Crippen LogP contribution in [0.15, 0.2) is 182 Å². The van der Waals surface area contributed by atoms with Crippen LogP contribution in [-0.4, -0.2) is 36.4 Å². The fourth-order valence-electron chi connectivity index (χ4n) is 5.98. The number of esters is 2. The van der Waals surface area contributed by atoms with Crippen LogP contribution in [0.4, 0.5) is 0 Å². The molecular formula is C61H90O5. The molecule has 1 N–H and O–H groups in total. The van der Waals surface area contributed by atoms with E-state index in [1.807, 2.05) is 12.2 Å². The molecule has 0 spiro atoms. The van der Waals surface area contributed by atoms with Crippen molar-refractivity contribution in [3.63, 3.8) is 0 Å². The van der Waals surface area contributed by atoms with E-state index < -0.39 is 6.10 Å². The Morgan fingerprint density at radius 3 is 0.970 bits per heavy atom. The monoisotopic (exact) mass is 903 g/mol. The number of allylic oxidation sites excluding steroid dienone is 30. The molecule has 0 heterocycles. The van der Waals surface area contributed by atoms with Crippen LogP contribution in [0, 0.1) is 0 Å². The summed E-state index contributed by atoms with van der Waals surface area (Å²) in [5.41, 5.74) is 0. The van der Waals surface area contributed by atoms with Crippen molar-refractivity contribution in [2.45, 2.75) is 174 Å². The van der Waals surface area contributed by atoms with Gasteiger partial charge in [0, 0.05) is 12.8 Å². The molecule has 1 atom stereocenters. The van der Waals surface area contributed by atoms with Gasteiger partial charge in [-0.15, -0.1) is 0 Å². The normalized spacial score (nSPS) is 13.8. The highest BCUT2D eigenvalue weighted by Gasteiger charge is 2.15. The standard InChI is InChI=1S/C61H90O5/c1-3-5-7-9-11-13-15-17-18-19-20-21-22-23-24-25-26-27-28-29-30-31-32-33-34-35-36-37-38-39-40-41-42-44-46-48-50-52-54-56-61(64)66-59(57-62)58-65-60(63)55-53-51-49-47-45-43-16-14-12-10-8-6-4-2/h5-8,11-14,17-18,20-21,23-24,26-27,29-30,32-33,35-36,38-39,41-43,45,49,51,59,62H,3-4,9-10,15-16,19,22,25,28,31,34,37,40,44,46-48,50,52-58H2,1-2H3/b7-5-,8-6-,13-11-,14-12-,18-17-,21-20-,24-23-,27-26-,30-29-,33-32-,36-35-,39-38-,42-41-,45-43-,51-49-. The molecule has 0 saturated carbocycles. The highest BCUT2D eigenvalue weighted by atomic mass is 16.6. The molecule has 0 radical (unpaired) electrons. The van der Waals surface area contributed by atoms with E-state index in [4.69, 9.17) is 9.47 Å². The molecule has 66 heavy (non-hydrogen) atoms. The van der Waals surface area contributed by atoms with Crippen molar-refractivity contribution in [2.24, 2.45) is 0 Å². The molecule has 5 heteroatoms. The molecule has 0 saturated heterocycles. The minimum atomic E-state index is -0.825. The van der Waals surface area contributed by atoms with Crippen molar-refractivity contribution in [2.75, 3.05) is 13.2 Å². The van der Waals surface area contributed by atoms with Crippen LogP contribution in [0.3, 0.4) is 0 Å². The van der Waals surface area contributed by atoms with E-state index >= 15 is 0 Å². The molecule has 0 aromatic rings. The molecule has 0 aliphatic carbocycles. The fourth-order valence-corrected chi connectivity index (χ4v) is 5.98. The first kappa shape index (κ1) is 61.0. The molecule has 0 aromatic heterocycles. The third-order valence-corrected chi connectivity index (χ3v) is 9.71. The summed E-state index contributed by atoms with van der Waals surface area (Å²) < 4.78 is 10.5. The zero-order valence-corrected chi connectivity index (χ0v) is 41.4. The van der Waals surface area contributed by atoms with Gasteiger partial charge in [-0.05, 0) is 122 Å². The predicted molar refractivity (Wildman–Crippen MR) is 287 cm³/mol. The summed E-state index contributed by atoms with van der Waals surface area (Å²) >= 11 is 0. The van der Waals surface area contributed by atoms with Gasteiger partial charge in [-0.2, -0.15) is 0 Å². The highest BCUT2D eigenvalue weighted by Crippen LogP contribution is 2.10. The van der Waals surface area contributed by atoms with E-state index in [0.29, 0.717) is 12.8 Å². The molecule has 364 valence electrons. The molecule has 0 fully saturated rings. The summed E-state index contributed by atoms with van der Waals surface area (Å²) in [4.78, 5) is 24.3. The van der Waals surface area contributed by atoms with E-state index in [-0.39, 0.29) is 31.6 Å². The fraction of sp³-hybridized carbons (Fsp3) is 0.475. The van der Waals surface area contributed by atoms with Crippen molar-refractivity contribution in [1.82, 2.24) is 0 Å². The van der Waals surface area contributed by atoms with Gasteiger partial charge in [0.05, 0.1) is 6.61 Å². The number of aliphatic hydroxyl groups excluding tert-OH is 1. The predicted octanol–water partition coefficient (Wildman–Crippen LogP) is 17.2. The number of hydrogen-bond donors (Lipinski definition) is 1. The summed E-state index contributed by atoms with van der Waals surface area (Å²) in [5, 5.41) is 9.58. The van der Waals surface area contributed by atoms with E-state index in [0.717, 1.165) is 135 Å². The third-order valence-electron chi connectivity index (χ3n) is 9.71. The minimum absolute atomic E-state index is 0.125. The summed E-state index contributed by atoms with van der Waals surface area (Å²) in [6.45, 7) is 3.79. The van der Waals surface area contributed by atoms with Crippen LogP contribution in [0.5, 0.6) is 0 Å². The summed E-state index contributed by atoms with van der Waals surface area (Å²) in [7, 11) is 0. The second kappa shape index (κ2) is 54.3. The van der Waals surface area contributed by atoms with Gasteiger partial charge < -0.3 is 14.6 Å². The lowest BCUT2D eigenvalue weighted by molar-refractivity contribution is -0.161. The van der Waals surface area contributed by atoms with Crippen LogP contribution >= 0.6 is 0 Å². The molecule has 0 aliphatic rings. The van der Waals surface area contributed by atoms with E-state index in [9.17, 15) is 14.7 Å². The zero-order chi connectivity index (χ0) is 47.7. The van der Waals surface area contributed by atoms with Gasteiger partial charge in [0.1, 0.15) is 6.61 Å². The molecule has 1 unspecified atom stereocenters. The first-order chi connectivity index (χ1) is 32.6. The number of hydrogen-bond acceptors (Lipinski definition) is 5. The lowest BCUT2D eigenvalue weighted by atomic mass is 10.1. The number of aliphatic hydroxyl groups is 1. The van der Waals surface area contributed by atoms with E-state index in [2.05, 4.69) is 184 Å². The van der Waals surface area contributed by atoms with Crippen LogP contribution in [0.25, 0.3) is 0 Å². The van der Waals surface area contributed by atoms with Gasteiger partial charge in [-0.3, -0.25) is 9.59 Å². The van der Waals surface area contributed by atoms with Crippen molar-refractivity contribution in [3.8, 4) is 0 Å². The largest absolute Gasteiger partial charge is 0.462 e. The second-order valence-electron chi connectivity index (χ2n) is 15.8. The van der Waals surface area contributed by atoms with E-state index in [1.54, 1.807) is 0 Å². The van der Waals surface area contributed by atoms with Crippen LogP contribution in [-0.2, 0) is 19.1 Å². The molecule has 0 bridgehead atoms. The van der Waals surface area contributed by atoms with Crippen LogP contribution < -0.4 is 0 Å². The van der Waals surface area contributed by atoms with Gasteiger partial charge >= 0.3 is 11.9 Å². The summed E-state index contributed by atoms with van der Waals surface area (Å²) in [6, 6.07) is 0. The number of carbonyl (C=O) groups excluding carboxylic acids is 2. The van der Waals surface area contributed by atoms with E-state index in [1.165, 1.54) is 0 Å². The minimum Gasteiger partial charge on any atom is -0.462 e. The Kier molecular flexibility index (Phi) is 50.2. The van der Waals surface area contributed by atoms with Crippen molar-refractivity contribution >= 4 is 11.9 Å². The lowest BCUT2D eigenvalue weighted by Gasteiger charge is -2.15. The summed E-state index contributed by atoms with van der Waals surface area (Å²) in [5.74, 6) is -0.727. The maximum atomic E-state index is 12.2. The van der Waals surface area contributed by atoms with Gasteiger partial charge in [0.25, 0.3) is 0 Å². The number of rotatable bonds is 43. The van der Waals surface area contributed by atoms with Crippen LogP contribution in [0.1, 0.15) is 168 Å². The van der Waals surface area contributed by atoms with Crippen LogP contribution in [0.2, 0.25) is 0 Å². The topological polar surface area (TPSA) is 72.8 Å². The Balaban J connectivity index is 3.73. The molecule has 5 nitrogen and oxygen atoms in total. The zero-order valence-electron chi connectivity index (χ0n) is 41.4. The second-order valence-corrected chi connectivity index (χ2v) is 15.8. The lowest BCUT2D eigenvalue weighted by Crippen LogP contribution is -2.28. The smallest absolute Gasteiger partial charge is 0.306 e. The van der Waals surface area contributed by atoms with Gasteiger partial charge in [0.2, 0.25) is 0 Å². The van der Waals surface area contributed by atoms with Crippen molar-refractivity contribution < 1.29 is 24.2 Å². The molecule has 0 aromatic carbocycles. The number of unbranched alkanes of at least 4 members (excludes halogenated alkanes) is 5. The SMILES string of the molecule is CC/C=C\C/C=C\C/C=C\C/C=C\C/C=C\C/C=C\C/C=C\C/C=C\C/C=C\C/C=C\C/C=C\CCCCCCCC(=O)OC(CO)COC(=O)CC/C=C\C/C=C\C/C=C\C/C=C\CC. The molecule has 0 amide bonds. The van der Waals surface area contributed by atoms with Gasteiger partial charge in [0.15, 0.2) is 6.10 Å². The Bertz CT molecular complexity index is 1580. The molecular weight excluding hydrogens is 813 g/mol. The first-order valence-corrected chi connectivity index (χ1v) is 25.3. The quantitative estimate of drug-likeness (QED) is 0.0375. The third kappa shape index (κ3) is 51.6. The summed E-state index contributed by atoms with van der Waals surface area (Å²) in [6.07, 6.45) is 87.2. The number of carbonyl (C=O) groups is 2. The van der Waals surface area contributed by atoms with Crippen molar-refractivity contribution in [1.29, 1.82) is 0 Å². The average Bonchev–Trinajstić information content (AvgIpc) is 3.32. The average molecular weight is 903 g/mol.